The molecule has 1 unspecified atom stereocenters. The van der Waals surface area contributed by atoms with Crippen molar-refractivity contribution < 1.29 is 9.84 Å². The molecule has 1 atom stereocenters. The number of ether oxygens (including phenoxy) is 1. The lowest BCUT2D eigenvalue weighted by Crippen LogP contribution is -2.27. The summed E-state index contributed by atoms with van der Waals surface area (Å²) < 4.78 is 5.05. The summed E-state index contributed by atoms with van der Waals surface area (Å²) in [6.07, 6.45) is -0.550. The number of methoxy groups -OCH3 is 1. The second-order valence-electron chi connectivity index (χ2n) is 3.97. The van der Waals surface area contributed by atoms with E-state index >= 15 is 0 Å². The van der Waals surface area contributed by atoms with Gasteiger partial charge in [-0.1, -0.05) is 31.5 Å². The van der Waals surface area contributed by atoms with Crippen LogP contribution >= 0.6 is 11.6 Å². The van der Waals surface area contributed by atoms with E-state index in [4.69, 9.17) is 16.3 Å². The van der Waals surface area contributed by atoms with Crippen LogP contribution in [0.4, 0.5) is 0 Å². The van der Waals surface area contributed by atoms with Crippen molar-refractivity contribution in [2.75, 3.05) is 13.7 Å². The summed E-state index contributed by atoms with van der Waals surface area (Å²) in [5.74, 6) is 0.620. The fraction of sp³-hybridized carbons (Fsp3) is 0.500. The summed E-state index contributed by atoms with van der Waals surface area (Å²) in [5, 5.41) is 13.6. The third-order valence-corrected chi connectivity index (χ3v) is 2.58. The Bertz CT molecular complexity index is 342. The van der Waals surface area contributed by atoms with Crippen molar-refractivity contribution in [2.45, 2.75) is 26.0 Å². The van der Waals surface area contributed by atoms with E-state index in [1.54, 1.807) is 19.2 Å². The molecule has 0 aromatic heterocycles. The molecule has 0 spiro atoms. The molecule has 0 heterocycles. The van der Waals surface area contributed by atoms with Crippen molar-refractivity contribution in [3.8, 4) is 5.75 Å². The van der Waals surface area contributed by atoms with Crippen LogP contribution in [-0.2, 0) is 0 Å². The first-order chi connectivity index (χ1) is 7.54. The molecule has 2 N–H and O–H groups in total. The van der Waals surface area contributed by atoms with Gasteiger partial charge >= 0.3 is 0 Å². The van der Waals surface area contributed by atoms with Gasteiger partial charge in [0.15, 0.2) is 0 Å². The number of aliphatic hydroxyl groups excluding tert-OH is 1. The minimum Gasteiger partial charge on any atom is -0.495 e. The first-order valence-electron chi connectivity index (χ1n) is 5.29. The van der Waals surface area contributed by atoms with Gasteiger partial charge in [-0.05, 0) is 17.7 Å². The highest BCUT2D eigenvalue weighted by atomic mass is 35.5. The average molecular weight is 244 g/mol. The van der Waals surface area contributed by atoms with E-state index in [-0.39, 0.29) is 0 Å². The van der Waals surface area contributed by atoms with Gasteiger partial charge in [-0.25, -0.2) is 0 Å². The second kappa shape index (κ2) is 6.09. The molecule has 0 saturated carbocycles. The lowest BCUT2D eigenvalue weighted by molar-refractivity contribution is 0.171. The molecule has 0 saturated heterocycles. The Hall–Kier alpha value is -0.770. The number of hydrogen-bond acceptors (Lipinski definition) is 3. The molecule has 0 bridgehead atoms. The van der Waals surface area contributed by atoms with Crippen LogP contribution in [0.1, 0.15) is 25.5 Å². The van der Waals surface area contributed by atoms with Crippen LogP contribution in [0.2, 0.25) is 5.02 Å². The summed E-state index contributed by atoms with van der Waals surface area (Å²) in [6, 6.07) is 5.66. The fourth-order valence-corrected chi connectivity index (χ4v) is 1.62. The van der Waals surface area contributed by atoms with Gasteiger partial charge in [0.1, 0.15) is 5.75 Å². The Morgan fingerprint density at radius 2 is 2.12 bits per heavy atom. The van der Waals surface area contributed by atoms with Crippen LogP contribution in [0.15, 0.2) is 18.2 Å². The average Bonchev–Trinajstić information content (AvgIpc) is 2.25. The number of benzene rings is 1. The molecular formula is C12H18ClNO2. The zero-order valence-corrected chi connectivity index (χ0v) is 10.6. The van der Waals surface area contributed by atoms with E-state index in [0.717, 1.165) is 5.56 Å². The Morgan fingerprint density at radius 3 is 2.62 bits per heavy atom. The first kappa shape index (κ1) is 13.3. The largest absolute Gasteiger partial charge is 0.495 e. The molecular weight excluding hydrogens is 226 g/mol. The van der Waals surface area contributed by atoms with Gasteiger partial charge in [0, 0.05) is 12.6 Å². The molecule has 0 aliphatic rings. The van der Waals surface area contributed by atoms with Gasteiger partial charge in [-0.15, -0.1) is 0 Å². The van der Waals surface area contributed by atoms with E-state index < -0.39 is 6.10 Å². The molecule has 1 aromatic carbocycles. The summed E-state index contributed by atoms with van der Waals surface area (Å²) in [6.45, 7) is 4.59. The lowest BCUT2D eigenvalue weighted by atomic mass is 10.1. The standard InChI is InChI=1S/C12H18ClNO2/c1-8(2)14-7-11(15)9-4-5-12(16-3)10(13)6-9/h4-6,8,11,14-15H,7H2,1-3H3. The zero-order chi connectivity index (χ0) is 12.1. The number of halogens is 1. The fourth-order valence-electron chi connectivity index (χ4n) is 1.36. The highest BCUT2D eigenvalue weighted by Gasteiger charge is 2.10. The van der Waals surface area contributed by atoms with Gasteiger partial charge in [-0.2, -0.15) is 0 Å². The van der Waals surface area contributed by atoms with E-state index in [2.05, 4.69) is 5.32 Å². The highest BCUT2D eigenvalue weighted by molar-refractivity contribution is 6.32. The molecule has 4 heteroatoms. The molecule has 0 radical (unpaired) electrons. The molecule has 0 aliphatic heterocycles. The Morgan fingerprint density at radius 1 is 1.44 bits per heavy atom. The van der Waals surface area contributed by atoms with Crippen LogP contribution in [0.3, 0.4) is 0 Å². The van der Waals surface area contributed by atoms with Crippen LogP contribution in [0.25, 0.3) is 0 Å². The van der Waals surface area contributed by atoms with Gasteiger partial charge in [-0.3, -0.25) is 0 Å². The van der Waals surface area contributed by atoms with Gasteiger partial charge in [0.25, 0.3) is 0 Å². The Labute approximate surface area is 101 Å². The third kappa shape index (κ3) is 3.67. The molecule has 90 valence electrons. The number of aliphatic hydroxyl groups is 1. The molecule has 0 amide bonds. The molecule has 3 nitrogen and oxygen atoms in total. The molecule has 0 aliphatic carbocycles. The van der Waals surface area contributed by atoms with Crippen LogP contribution < -0.4 is 10.1 Å². The van der Waals surface area contributed by atoms with E-state index in [1.807, 2.05) is 19.9 Å². The van der Waals surface area contributed by atoms with Crippen molar-refractivity contribution in [1.82, 2.24) is 5.32 Å². The summed E-state index contributed by atoms with van der Waals surface area (Å²) >= 11 is 5.98. The van der Waals surface area contributed by atoms with Crippen LogP contribution in [-0.4, -0.2) is 24.8 Å². The predicted octanol–water partition coefficient (Wildman–Crippen LogP) is 2.38. The second-order valence-corrected chi connectivity index (χ2v) is 4.38. The van der Waals surface area contributed by atoms with Crippen LogP contribution in [0, 0.1) is 0 Å². The van der Waals surface area contributed by atoms with E-state index in [9.17, 15) is 5.11 Å². The summed E-state index contributed by atoms with van der Waals surface area (Å²) in [7, 11) is 1.57. The number of hydrogen-bond donors (Lipinski definition) is 2. The maximum absolute atomic E-state index is 9.90. The maximum atomic E-state index is 9.90. The number of nitrogens with one attached hydrogen (secondary N) is 1. The molecule has 1 rings (SSSR count). The quantitative estimate of drug-likeness (QED) is 0.835. The highest BCUT2D eigenvalue weighted by Crippen LogP contribution is 2.27. The van der Waals surface area contributed by atoms with Gasteiger partial charge in [0.2, 0.25) is 0 Å². The van der Waals surface area contributed by atoms with Gasteiger partial charge in [0.05, 0.1) is 18.2 Å². The van der Waals surface area contributed by atoms with Crippen molar-refractivity contribution in [2.24, 2.45) is 0 Å². The van der Waals surface area contributed by atoms with Crippen molar-refractivity contribution >= 4 is 11.6 Å². The van der Waals surface area contributed by atoms with Crippen molar-refractivity contribution in [3.05, 3.63) is 28.8 Å². The summed E-state index contributed by atoms with van der Waals surface area (Å²) in [4.78, 5) is 0. The minimum atomic E-state index is -0.550. The third-order valence-electron chi connectivity index (χ3n) is 2.28. The molecule has 16 heavy (non-hydrogen) atoms. The Balaban J connectivity index is 2.69. The van der Waals surface area contributed by atoms with Crippen molar-refractivity contribution in [1.29, 1.82) is 0 Å². The van der Waals surface area contributed by atoms with E-state index in [0.29, 0.717) is 23.4 Å². The maximum Gasteiger partial charge on any atom is 0.137 e. The topological polar surface area (TPSA) is 41.5 Å². The monoisotopic (exact) mass is 243 g/mol. The first-order valence-corrected chi connectivity index (χ1v) is 5.67. The molecule has 1 aromatic rings. The minimum absolute atomic E-state index is 0.350. The van der Waals surface area contributed by atoms with Gasteiger partial charge < -0.3 is 15.2 Å². The smallest absolute Gasteiger partial charge is 0.137 e. The number of rotatable bonds is 5. The zero-order valence-electron chi connectivity index (χ0n) is 9.83. The molecule has 0 fully saturated rings. The predicted molar refractivity (Wildman–Crippen MR) is 66.1 cm³/mol. The SMILES string of the molecule is COc1ccc(C(O)CNC(C)C)cc1Cl. The lowest BCUT2D eigenvalue weighted by Gasteiger charge is -2.15. The Kier molecular flexibility index (Phi) is 5.06. The normalized spacial score (nSPS) is 12.9. The van der Waals surface area contributed by atoms with Crippen molar-refractivity contribution in [3.63, 3.8) is 0 Å². The summed E-state index contributed by atoms with van der Waals surface area (Å²) in [5.41, 5.74) is 0.791. The van der Waals surface area contributed by atoms with E-state index in [1.165, 1.54) is 0 Å². The van der Waals surface area contributed by atoms with Crippen LogP contribution in [0.5, 0.6) is 5.75 Å².